The van der Waals surface area contributed by atoms with Crippen molar-refractivity contribution >= 4 is 17.9 Å². The number of aliphatic carboxylic acids is 1. The van der Waals surface area contributed by atoms with Crippen LogP contribution in [0.15, 0.2) is 0 Å². The highest BCUT2D eigenvalue weighted by molar-refractivity contribution is 5.78. The van der Waals surface area contributed by atoms with E-state index in [1.54, 1.807) is 4.90 Å². The topological polar surface area (TPSA) is 98.7 Å². The lowest BCUT2D eigenvalue weighted by Crippen LogP contribution is -2.54. The van der Waals surface area contributed by atoms with E-state index in [1.165, 1.54) is 0 Å². The van der Waals surface area contributed by atoms with Crippen LogP contribution in [0.1, 0.15) is 26.7 Å². The van der Waals surface area contributed by atoms with Crippen molar-refractivity contribution in [3.05, 3.63) is 0 Å². The van der Waals surface area contributed by atoms with Crippen LogP contribution in [-0.2, 0) is 9.59 Å². The Hall–Kier alpha value is -1.79. The van der Waals surface area contributed by atoms with E-state index in [0.29, 0.717) is 32.1 Å². The number of carboxylic acid groups (broad SMARTS) is 1. The summed E-state index contributed by atoms with van der Waals surface area (Å²) >= 11 is 0. The molecule has 0 aromatic carbocycles. The van der Waals surface area contributed by atoms with Gasteiger partial charge in [0.25, 0.3) is 0 Å². The molecule has 1 aliphatic rings. The fourth-order valence-corrected chi connectivity index (χ4v) is 1.91. The average molecular weight is 285 g/mol. The summed E-state index contributed by atoms with van der Waals surface area (Å²) in [6, 6.07) is -0.233. The van der Waals surface area contributed by atoms with E-state index < -0.39 is 5.97 Å². The van der Waals surface area contributed by atoms with Crippen molar-refractivity contribution in [2.45, 2.75) is 26.7 Å². The number of carboxylic acids is 1. The van der Waals surface area contributed by atoms with Crippen LogP contribution in [0.4, 0.5) is 4.79 Å². The van der Waals surface area contributed by atoms with Crippen molar-refractivity contribution in [3.8, 4) is 0 Å². The lowest BCUT2D eigenvalue weighted by atomic mass is 9.97. The Balaban J connectivity index is 2.07. The van der Waals surface area contributed by atoms with Crippen LogP contribution in [0, 0.1) is 11.8 Å². The van der Waals surface area contributed by atoms with Gasteiger partial charge in [0.15, 0.2) is 0 Å². The standard InChI is InChI=1S/C13H23N3O4/c1-9(2)6-15-11(17)3-4-14-13(20)16-7-10(8-16)5-12(18)19/h9-10H,3-8H2,1-2H3,(H,14,20)(H,15,17)(H,18,19). The van der Waals surface area contributed by atoms with Gasteiger partial charge in [-0.25, -0.2) is 4.79 Å². The van der Waals surface area contributed by atoms with Gasteiger partial charge >= 0.3 is 12.0 Å². The number of rotatable bonds is 7. The van der Waals surface area contributed by atoms with Crippen molar-refractivity contribution in [1.29, 1.82) is 0 Å². The van der Waals surface area contributed by atoms with Gasteiger partial charge in [-0.3, -0.25) is 9.59 Å². The van der Waals surface area contributed by atoms with Crippen LogP contribution in [0.25, 0.3) is 0 Å². The Bertz CT molecular complexity index is 365. The van der Waals surface area contributed by atoms with Crippen molar-refractivity contribution < 1.29 is 19.5 Å². The number of likely N-dealkylation sites (tertiary alicyclic amines) is 1. The zero-order valence-corrected chi connectivity index (χ0v) is 12.0. The first kappa shape index (κ1) is 16.3. The van der Waals surface area contributed by atoms with Gasteiger partial charge in [-0.05, 0) is 5.92 Å². The summed E-state index contributed by atoms with van der Waals surface area (Å²) in [4.78, 5) is 35.1. The predicted octanol–water partition coefficient (Wildman–Crippen LogP) is 0.265. The third-order valence-corrected chi connectivity index (χ3v) is 3.04. The minimum Gasteiger partial charge on any atom is -0.481 e. The highest BCUT2D eigenvalue weighted by Crippen LogP contribution is 2.18. The number of nitrogens with one attached hydrogen (secondary N) is 2. The van der Waals surface area contributed by atoms with Gasteiger partial charge in [-0.1, -0.05) is 13.8 Å². The third-order valence-electron chi connectivity index (χ3n) is 3.04. The molecule has 1 fully saturated rings. The Morgan fingerprint density at radius 2 is 1.90 bits per heavy atom. The molecule has 114 valence electrons. The zero-order valence-electron chi connectivity index (χ0n) is 12.0. The Kier molecular flexibility index (Phi) is 6.27. The second-order valence-corrected chi connectivity index (χ2v) is 5.55. The molecule has 7 nitrogen and oxygen atoms in total. The smallest absolute Gasteiger partial charge is 0.317 e. The molecule has 3 amide bonds. The molecule has 0 bridgehead atoms. The quantitative estimate of drug-likeness (QED) is 0.625. The molecule has 0 aromatic rings. The highest BCUT2D eigenvalue weighted by atomic mass is 16.4. The Morgan fingerprint density at radius 3 is 2.45 bits per heavy atom. The summed E-state index contributed by atoms with van der Waals surface area (Å²) in [5.41, 5.74) is 0. The van der Waals surface area contributed by atoms with E-state index in [1.807, 2.05) is 13.8 Å². The second-order valence-electron chi connectivity index (χ2n) is 5.55. The molecular weight excluding hydrogens is 262 g/mol. The summed E-state index contributed by atoms with van der Waals surface area (Å²) in [6.07, 6.45) is 0.353. The molecular formula is C13H23N3O4. The van der Waals surface area contributed by atoms with Crippen LogP contribution in [0.3, 0.4) is 0 Å². The lowest BCUT2D eigenvalue weighted by Gasteiger charge is -2.38. The first-order valence-electron chi connectivity index (χ1n) is 6.89. The van der Waals surface area contributed by atoms with Gasteiger partial charge in [0.1, 0.15) is 0 Å². The Morgan fingerprint density at radius 1 is 1.25 bits per heavy atom. The maximum atomic E-state index is 11.6. The predicted molar refractivity (Wildman–Crippen MR) is 73.2 cm³/mol. The van der Waals surface area contributed by atoms with Crippen LogP contribution in [-0.4, -0.2) is 54.1 Å². The van der Waals surface area contributed by atoms with Gasteiger partial charge in [0.05, 0.1) is 6.42 Å². The maximum absolute atomic E-state index is 11.6. The molecule has 0 aromatic heterocycles. The summed E-state index contributed by atoms with van der Waals surface area (Å²) in [7, 11) is 0. The van der Waals surface area contributed by atoms with E-state index >= 15 is 0 Å². The Labute approximate surface area is 118 Å². The number of carbonyl (C=O) groups is 3. The summed E-state index contributed by atoms with van der Waals surface area (Å²) < 4.78 is 0. The van der Waals surface area contributed by atoms with Gasteiger partial charge < -0.3 is 20.6 Å². The molecule has 1 saturated heterocycles. The SMILES string of the molecule is CC(C)CNC(=O)CCNC(=O)N1CC(CC(=O)O)C1. The molecule has 0 saturated carbocycles. The molecule has 0 aliphatic carbocycles. The fourth-order valence-electron chi connectivity index (χ4n) is 1.91. The minimum atomic E-state index is -0.836. The molecule has 20 heavy (non-hydrogen) atoms. The highest BCUT2D eigenvalue weighted by Gasteiger charge is 2.31. The normalized spacial score (nSPS) is 14.8. The summed E-state index contributed by atoms with van der Waals surface area (Å²) in [6.45, 7) is 5.90. The third kappa shape index (κ3) is 5.90. The van der Waals surface area contributed by atoms with Crippen molar-refractivity contribution in [3.63, 3.8) is 0 Å². The van der Waals surface area contributed by atoms with Gasteiger partial charge in [0, 0.05) is 38.5 Å². The van der Waals surface area contributed by atoms with E-state index in [0.717, 1.165) is 0 Å². The fraction of sp³-hybridized carbons (Fsp3) is 0.769. The molecule has 1 aliphatic heterocycles. The first-order chi connectivity index (χ1) is 9.38. The zero-order chi connectivity index (χ0) is 15.1. The maximum Gasteiger partial charge on any atom is 0.317 e. The summed E-state index contributed by atoms with van der Waals surface area (Å²) in [5.74, 6) is -0.461. The number of carbonyl (C=O) groups excluding carboxylic acids is 2. The molecule has 1 heterocycles. The number of hydrogen-bond donors (Lipinski definition) is 3. The van der Waals surface area contributed by atoms with Gasteiger partial charge in [-0.2, -0.15) is 0 Å². The molecule has 0 spiro atoms. The van der Waals surface area contributed by atoms with Crippen molar-refractivity contribution in [2.24, 2.45) is 11.8 Å². The minimum absolute atomic E-state index is 0.0487. The van der Waals surface area contributed by atoms with Crippen LogP contribution < -0.4 is 10.6 Å². The van der Waals surface area contributed by atoms with Gasteiger partial charge in [-0.15, -0.1) is 0 Å². The molecule has 0 atom stereocenters. The largest absolute Gasteiger partial charge is 0.481 e. The van der Waals surface area contributed by atoms with Crippen molar-refractivity contribution in [1.82, 2.24) is 15.5 Å². The monoisotopic (exact) mass is 285 g/mol. The van der Waals surface area contributed by atoms with E-state index in [9.17, 15) is 14.4 Å². The van der Waals surface area contributed by atoms with Crippen LogP contribution in [0.5, 0.6) is 0 Å². The number of urea groups is 1. The number of amides is 3. The summed E-state index contributed by atoms with van der Waals surface area (Å²) in [5, 5.41) is 14.0. The molecule has 7 heteroatoms. The van der Waals surface area contributed by atoms with E-state index in [4.69, 9.17) is 5.11 Å². The second kappa shape index (κ2) is 7.72. The molecule has 0 unspecified atom stereocenters. The first-order valence-corrected chi connectivity index (χ1v) is 6.89. The number of hydrogen-bond acceptors (Lipinski definition) is 3. The molecule has 3 N–H and O–H groups in total. The average Bonchev–Trinajstić information content (AvgIpc) is 2.30. The molecule has 1 rings (SSSR count). The molecule has 0 radical (unpaired) electrons. The van der Waals surface area contributed by atoms with E-state index in [2.05, 4.69) is 10.6 Å². The van der Waals surface area contributed by atoms with Crippen LogP contribution >= 0.6 is 0 Å². The number of nitrogens with zero attached hydrogens (tertiary/aromatic N) is 1. The van der Waals surface area contributed by atoms with Gasteiger partial charge in [0.2, 0.25) is 5.91 Å². The van der Waals surface area contributed by atoms with Crippen LogP contribution in [0.2, 0.25) is 0 Å². The lowest BCUT2D eigenvalue weighted by molar-refractivity contribution is -0.139. The van der Waals surface area contributed by atoms with Crippen molar-refractivity contribution in [2.75, 3.05) is 26.2 Å². The van der Waals surface area contributed by atoms with E-state index in [-0.39, 0.29) is 30.7 Å².